The van der Waals surface area contributed by atoms with Crippen molar-refractivity contribution in [2.75, 3.05) is 7.05 Å². The van der Waals surface area contributed by atoms with E-state index in [2.05, 4.69) is 5.32 Å². The molecule has 14 heavy (non-hydrogen) atoms. The van der Waals surface area contributed by atoms with Gasteiger partial charge in [-0.05, 0) is 17.7 Å². The Morgan fingerprint density at radius 3 is 2.79 bits per heavy atom. The molecule has 5 heteroatoms. The molecule has 0 aromatic heterocycles. The van der Waals surface area contributed by atoms with Gasteiger partial charge in [0.2, 0.25) is 0 Å². The van der Waals surface area contributed by atoms with Crippen molar-refractivity contribution in [3.63, 3.8) is 0 Å². The topological polar surface area (TPSA) is 35.9 Å². The van der Waals surface area contributed by atoms with Crippen LogP contribution < -0.4 is 5.32 Å². The zero-order valence-corrected chi connectivity index (χ0v) is 9.93. The Labute approximate surface area is 97.5 Å². The first-order valence-corrected chi connectivity index (χ1v) is 5.70. The molecular weight excluding hydrogens is 239 g/mol. The summed E-state index contributed by atoms with van der Waals surface area (Å²) in [5, 5.41) is 11.8. The molecule has 0 heterocycles. The number of amidine groups is 1. The molecule has 0 atom stereocenters. The fraction of sp³-hybridized carbons (Fsp3) is 0.222. The highest BCUT2D eigenvalue weighted by molar-refractivity contribution is 8.13. The number of rotatable bonds is 2. The first kappa shape index (κ1) is 11.7. The molecule has 0 aliphatic carbocycles. The number of hydrogen-bond donors (Lipinski definition) is 2. The Morgan fingerprint density at radius 1 is 1.50 bits per heavy atom. The van der Waals surface area contributed by atoms with Crippen molar-refractivity contribution in [1.29, 1.82) is 5.41 Å². The molecule has 0 radical (unpaired) electrons. The largest absolute Gasteiger partial charge is 0.368 e. The van der Waals surface area contributed by atoms with Crippen LogP contribution in [-0.2, 0) is 5.75 Å². The van der Waals surface area contributed by atoms with Crippen LogP contribution in [0.3, 0.4) is 0 Å². The molecule has 0 amide bonds. The van der Waals surface area contributed by atoms with Gasteiger partial charge in [0.15, 0.2) is 5.17 Å². The maximum Gasteiger partial charge on any atom is 0.153 e. The molecule has 2 nitrogen and oxygen atoms in total. The fourth-order valence-electron chi connectivity index (χ4n) is 0.861. The van der Waals surface area contributed by atoms with E-state index in [1.807, 2.05) is 6.07 Å². The lowest BCUT2D eigenvalue weighted by Gasteiger charge is -2.04. The summed E-state index contributed by atoms with van der Waals surface area (Å²) in [4.78, 5) is 0. The van der Waals surface area contributed by atoms with E-state index in [1.165, 1.54) is 11.8 Å². The van der Waals surface area contributed by atoms with Crippen LogP contribution in [0.2, 0.25) is 10.0 Å². The maximum atomic E-state index is 7.38. The number of benzene rings is 1. The molecule has 1 aromatic carbocycles. The van der Waals surface area contributed by atoms with Crippen molar-refractivity contribution >= 4 is 40.1 Å². The summed E-state index contributed by atoms with van der Waals surface area (Å²) in [6.07, 6.45) is 0. The summed E-state index contributed by atoms with van der Waals surface area (Å²) >= 11 is 13.1. The van der Waals surface area contributed by atoms with Gasteiger partial charge < -0.3 is 5.32 Å². The Hall–Kier alpha value is -0.380. The molecule has 0 saturated heterocycles. The van der Waals surface area contributed by atoms with Crippen LogP contribution in [0.15, 0.2) is 18.2 Å². The average molecular weight is 249 g/mol. The lowest BCUT2D eigenvalue weighted by atomic mass is 10.2. The zero-order chi connectivity index (χ0) is 10.6. The van der Waals surface area contributed by atoms with Gasteiger partial charge in [0.25, 0.3) is 0 Å². The van der Waals surface area contributed by atoms with Crippen LogP contribution in [0, 0.1) is 5.41 Å². The van der Waals surface area contributed by atoms with Gasteiger partial charge in [-0.2, -0.15) is 0 Å². The van der Waals surface area contributed by atoms with Gasteiger partial charge in [0.1, 0.15) is 0 Å². The Morgan fingerprint density at radius 2 is 2.21 bits per heavy atom. The van der Waals surface area contributed by atoms with E-state index in [9.17, 15) is 0 Å². The van der Waals surface area contributed by atoms with Gasteiger partial charge in [0.05, 0.1) is 0 Å². The van der Waals surface area contributed by atoms with Gasteiger partial charge in [-0.1, -0.05) is 41.0 Å². The molecule has 0 spiro atoms. The van der Waals surface area contributed by atoms with Crippen molar-refractivity contribution < 1.29 is 0 Å². The van der Waals surface area contributed by atoms with E-state index >= 15 is 0 Å². The smallest absolute Gasteiger partial charge is 0.153 e. The lowest BCUT2D eigenvalue weighted by molar-refractivity contribution is 1.18. The van der Waals surface area contributed by atoms with E-state index in [0.29, 0.717) is 21.0 Å². The second-order valence-corrected chi connectivity index (χ2v) is 4.43. The highest BCUT2D eigenvalue weighted by Gasteiger charge is 2.02. The second kappa shape index (κ2) is 5.49. The van der Waals surface area contributed by atoms with E-state index in [0.717, 1.165) is 5.56 Å². The third kappa shape index (κ3) is 3.40. The SMILES string of the molecule is CNC(=N)SCc1ccc(Cl)cc1Cl. The van der Waals surface area contributed by atoms with Gasteiger partial charge in [-0.25, -0.2) is 0 Å². The molecule has 76 valence electrons. The molecule has 0 fully saturated rings. The standard InChI is InChI=1S/C9H10Cl2N2S/c1-13-9(12)14-5-6-2-3-7(10)4-8(6)11/h2-4H,5H2,1H3,(H2,12,13). The minimum Gasteiger partial charge on any atom is -0.368 e. The number of hydrogen-bond acceptors (Lipinski definition) is 2. The third-order valence-electron chi connectivity index (χ3n) is 1.61. The van der Waals surface area contributed by atoms with Crippen molar-refractivity contribution in [2.24, 2.45) is 0 Å². The van der Waals surface area contributed by atoms with Crippen molar-refractivity contribution in [3.8, 4) is 0 Å². The molecule has 1 rings (SSSR count). The van der Waals surface area contributed by atoms with E-state index in [1.54, 1.807) is 19.2 Å². The minimum absolute atomic E-state index is 0.427. The van der Waals surface area contributed by atoms with Crippen LogP contribution >= 0.6 is 35.0 Å². The van der Waals surface area contributed by atoms with Crippen molar-refractivity contribution in [2.45, 2.75) is 5.75 Å². The molecular formula is C9H10Cl2N2S. The molecule has 1 aromatic rings. The Kier molecular flexibility index (Phi) is 4.58. The molecule has 2 N–H and O–H groups in total. The normalized spacial score (nSPS) is 9.93. The summed E-state index contributed by atoms with van der Waals surface area (Å²) in [5.41, 5.74) is 0.987. The highest BCUT2D eigenvalue weighted by atomic mass is 35.5. The summed E-state index contributed by atoms with van der Waals surface area (Å²) in [6, 6.07) is 5.38. The molecule has 0 unspecified atom stereocenters. The fourth-order valence-corrected chi connectivity index (χ4v) is 2.11. The summed E-state index contributed by atoms with van der Waals surface area (Å²) in [6.45, 7) is 0. The third-order valence-corrected chi connectivity index (χ3v) is 3.15. The minimum atomic E-state index is 0.427. The van der Waals surface area contributed by atoms with E-state index in [-0.39, 0.29) is 0 Å². The van der Waals surface area contributed by atoms with E-state index < -0.39 is 0 Å². The van der Waals surface area contributed by atoms with Crippen LogP contribution in [0.25, 0.3) is 0 Å². The summed E-state index contributed by atoms with van der Waals surface area (Å²) in [7, 11) is 1.72. The Balaban J connectivity index is 2.63. The first-order chi connectivity index (χ1) is 6.63. The van der Waals surface area contributed by atoms with Crippen molar-refractivity contribution in [3.05, 3.63) is 33.8 Å². The quantitative estimate of drug-likeness (QED) is 0.622. The van der Waals surface area contributed by atoms with Gasteiger partial charge >= 0.3 is 0 Å². The number of thioether (sulfide) groups is 1. The molecule has 0 aliphatic rings. The van der Waals surface area contributed by atoms with Crippen molar-refractivity contribution in [1.82, 2.24) is 5.32 Å². The average Bonchev–Trinajstić information content (AvgIpc) is 2.16. The van der Waals surface area contributed by atoms with Crippen LogP contribution in [0.5, 0.6) is 0 Å². The van der Waals surface area contributed by atoms with Crippen LogP contribution in [0.4, 0.5) is 0 Å². The second-order valence-electron chi connectivity index (χ2n) is 2.60. The number of halogens is 2. The zero-order valence-electron chi connectivity index (χ0n) is 7.60. The molecule has 0 saturated carbocycles. The van der Waals surface area contributed by atoms with Crippen LogP contribution in [0.1, 0.15) is 5.56 Å². The van der Waals surface area contributed by atoms with E-state index in [4.69, 9.17) is 28.6 Å². The predicted molar refractivity (Wildman–Crippen MR) is 64.5 cm³/mol. The van der Waals surface area contributed by atoms with Gasteiger partial charge in [0, 0.05) is 22.8 Å². The monoisotopic (exact) mass is 248 g/mol. The molecule has 0 aliphatic heterocycles. The maximum absolute atomic E-state index is 7.38. The van der Waals surface area contributed by atoms with Crippen LogP contribution in [-0.4, -0.2) is 12.2 Å². The lowest BCUT2D eigenvalue weighted by Crippen LogP contribution is -2.12. The predicted octanol–water partition coefficient (Wildman–Crippen LogP) is 3.38. The summed E-state index contributed by atoms with van der Waals surface area (Å²) in [5.74, 6) is 0.676. The Bertz CT molecular complexity index is 342. The van der Waals surface area contributed by atoms with Gasteiger partial charge in [-0.15, -0.1) is 0 Å². The van der Waals surface area contributed by atoms with Gasteiger partial charge in [-0.3, -0.25) is 5.41 Å². The number of nitrogens with one attached hydrogen (secondary N) is 2. The highest BCUT2D eigenvalue weighted by Crippen LogP contribution is 2.24. The first-order valence-electron chi connectivity index (χ1n) is 3.96. The summed E-state index contributed by atoms with van der Waals surface area (Å²) < 4.78 is 0. The molecule has 0 bridgehead atoms.